The van der Waals surface area contributed by atoms with Gasteiger partial charge < -0.3 is 5.32 Å². The maximum atomic E-state index is 3.62. The van der Waals surface area contributed by atoms with Crippen molar-refractivity contribution in [2.24, 2.45) is 0 Å². The van der Waals surface area contributed by atoms with Gasteiger partial charge in [0.15, 0.2) is 0 Å². The molecule has 0 aromatic rings. The third-order valence-corrected chi connectivity index (χ3v) is 3.78. The van der Waals surface area contributed by atoms with Gasteiger partial charge in [-0.25, -0.2) is 0 Å². The predicted molar refractivity (Wildman–Crippen MR) is 67.2 cm³/mol. The first kappa shape index (κ1) is 13.0. The molecule has 0 aromatic heterocycles. The van der Waals surface area contributed by atoms with Crippen LogP contribution in [0.5, 0.6) is 0 Å². The molecule has 2 atom stereocenters. The maximum absolute atomic E-state index is 3.62. The van der Waals surface area contributed by atoms with Crippen LogP contribution in [0, 0.1) is 0 Å². The molecule has 2 heteroatoms. The van der Waals surface area contributed by atoms with Crippen molar-refractivity contribution < 1.29 is 0 Å². The highest BCUT2D eigenvalue weighted by Gasteiger charge is 2.33. The highest BCUT2D eigenvalue weighted by atomic mass is 15.3. The molecule has 1 heterocycles. The fourth-order valence-electron chi connectivity index (χ4n) is 2.80. The summed E-state index contributed by atoms with van der Waals surface area (Å²) in [6, 6.07) is 1.37. The Morgan fingerprint density at radius 2 is 2.00 bits per heavy atom. The second-order valence-corrected chi connectivity index (χ2v) is 5.58. The molecule has 0 aliphatic carbocycles. The van der Waals surface area contributed by atoms with Gasteiger partial charge in [-0.2, -0.15) is 0 Å². The van der Waals surface area contributed by atoms with E-state index in [2.05, 4.69) is 44.8 Å². The molecule has 1 aliphatic rings. The normalized spacial score (nSPS) is 29.4. The van der Waals surface area contributed by atoms with Gasteiger partial charge in [0.05, 0.1) is 0 Å². The molecular formula is C13H28N2. The lowest BCUT2D eigenvalue weighted by Gasteiger charge is -2.48. The van der Waals surface area contributed by atoms with E-state index in [1.165, 1.54) is 25.8 Å². The van der Waals surface area contributed by atoms with E-state index in [4.69, 9.17) is 0 Å². The number of nitrogens with one attached hydrogen (secondary N) is 1. The van der Waals surface area contributed by atoms with E-state index in [0.29, 0.717) is 17.6 Å². The largest absolute Gasteiger partial charge is 0.311 e. The van der Waals surface area contributed by atoms with Crippen LogP contribution in [0.3, 0.4) is 0 Å². The van der Waals surface area contributed by atoms with E-state index in [-0.39, 0.29) is 0 Å². The molecule has 1 N–H and O–H groups in total. The van der Waals surface area contributed by atoms with Crippen LogP contribution in [0.2, 0.25) is 0 Å². The Labute approximate surface area is 95.4 Å². The fraction of sp³-hybridized carbons (Fsp3) is 1.00. The molecule has 0 saturated carbocycles. The SMILES string of the molecule is CCCC(C)(C)N1CC(CC)NCC1C. The fourth-order valence-corrected chi connectivity index (χ4v) is 2.80. The van der Waals surface area contributed by atoms with Crippen LogP contribution in [0.15, 0.2) is 0 Å². The zero-order valence-electron chi connectivity index (χ0n) is 11.1. The molecule has 1 rings (SSSR count). The van der Waals surface area contributed by atoms with Gasteiger partial charge in [-0.05, 0) is 33.6 Å². The molecule has 0 radical (unpaired) electrons. The van der Waals surface area contributed by atoms with Crippen LogP contribution < -0.4 is 5.32 Å². The monoisotopic (exact) mass is 212 g/mol. The first-order valence-electron chi connectivity index (χ1n) is 6.51. The Kier molecular flexibility index (Phi) is 4.60. The van der Waals surface area contributed by atoms with Gasteiger partial charge in [0.2, 0.25) is 0 Å². The number of rotatable bonds is 4. The highest BCUT2D eigenvalue weighted by molar-refractivity contribution is 4.92. The highest BCUT2D eigenvalue weighted by Crippen LogP contribution is 2.25. The maximum Gasteiger partial charge on any atom is 0.0198 e. The Balaban J connectivity index is 2.64. The lowest BCUT2D eigenvalue weighted by atomic mass is 9.92. The summed E-state index contributed by atoms with van der Waals surface area (Å²) in [6.45, 7) is 14.0. The topological polar surface area (TPSA) is 15.3 Å². The molecule has 1 aliphatic heterocycles. The summed E-state index contributed by atoms with van der Waals surface area (Å²) in [7, 11) is 0. The molecular weight excluding hydrogens is 184 g/mol. The van der Waals surface area contributed by atoms with Gasteiger partial charge in [0.1, 0.15) is 0 Å². The minimum Gasteiger partial charge on any atom is -0.311 e. The van der Waals surface area contributed by atoms with E-state index in [1.807, 2.05) is 0 Å². The first-order valence-corrected chi connectivity index (χ1v) is 6.51. The van der Waals surface area contributed by atoms with Crippen LogP contribution in [0.1, 0.15) is 53.9 Å². The van der Waals surface area contributed by atoms with Crippen molar-refractivity contribution in [2.45, 2.75) is 71.5 Å². The van der Waals surface area contributed by atoms with Crippen LogP contribution in [0.25, 0.3) is 0 Å². The summed E-state index contributed by atoms with van der Waals surface area (Å²) in [5.41, 5.74) is 0.365. The van der Waals surface area contributed by atoms with Crippen LogP contribution in [-0.4, -0.2) is 35.6 Å². The molecule has 0 bridgehead atoms. The van der Waals surface area contributed by atoms with E-state index < -0.39 is 0 Å². The van der Waals surface area contributed by atoms with Gasteiger partial charge in [-0.15, -0.1) is 0 Å². The number of nitrogens with zero attached hydrogens (tertiary/aromatic N) is 1. The van der Waals surface area contributed by atoms with Crippen molar-refractivity contribution in [1.82, 2.24) is 10.2 Å². The average Bonchev–Trinajstić information content (AvgIpc) is 2.18. The van der Waals surface area contributed by atoms with E-state index in [0.717, 1.165) is 6.54 Å². The van der Waals surface area contributed by atoms with Crippen LogP contribution in [0.4, 0.5) is 0 Å². The van der Waals surface area contributed by atoms with Gasteiger partial charge >= 0.3 is 0 Å². The van der Waals surface area contributed by atoms with E-state index >= 15 is 0 Å². The van der Waals surface area contributed by atoms with Gasteiger partial charge in [0, 0.05) is 30.7 Å². The molecule has 2 unspecified atom stereocenters. The number of hydrogen-bond acceptors (Lipinski definition) is 2. The number of hydrogen-bond donors (Lipinski definition) is 1. The van der Waals surface area contributed by atoms with Gasteiger partial charge in [-0.1, -0.05) is 20.3 Å². The molecule has 0 aromatic carbocycles. The zero-order chi connectivity index (χ0) is 11.5. The second kappa shape index (κ2) is 5.31. The number of piperazine rings is 1. The van der Waals surface area contributed by atoms with Crippen molar-refractivity contribution in [2.75, 3.05) is 13.1 Å². The van der Waals surface area contributed by atoms with Crippen LogP contribution >= 0.6 is 0 Å². The molecule has 0 amide bonds. The van der Waals surface area contributed by atoms with Crippen molar-refractivity contribution in [1.29, 1.82) is 0 Å². The van der Waals surface area contributed by atoms with Gasteiger partial charge in [0.25, 0.3) is 0 Å². The summed E-state index contributed by atoms with van der Waals surface area (Å²) < 4.78 is 0. The molecule has 2 nitrogen and oxygen atoms in total. The minimum atomic E-state index is 0.365. The molecule has 1 saturated heterocycles. The van der Waals surface area contributed by atoms with Gasteiger partial charge in [-0.3, -0.25) is 4.90 Å². The lowest BCUT2D eigenvalue weighted by molar-refractivity contribution is 0.0319. The Bertz CT molecular complexity index is 189. The standard InChI is InChI=1S/C13H28N2/c1-6-8-13(4,5)15-10-12(7-2)14-9-11(15)3/h11-12,14H,6-10H2,1-5H3. The Morgan fingerprint density at radius 1 is 1.33 bits per heavy atom. The summed E-state index contributed by atoms with van der Waals surface area (Å²) in [5.74, 6) is 0. The lowest BCUT2D eigenvalue weighted by Crippen LogP contribution is -2.61. The zero-order valence-corrected chi connectivity index (χ0v) is 11.1. The predicted octanol–water partition coefficient (Wildman–Crippen LogP) is 2.64. The summed E-state index contributed by atoms with van der Waals surface area (Å²) in [6.07, 6.45) is 3.82. The summed E-state index contributed by atoms with van der Waals surface area (Å²) >= 11 is 0. The Morgan fingerprint density at radius 3 is 2.53 bits per heavy atom. The molecule has 0 spiro atoms. The quantitative estimate of drug-likeness (QED) is 0.770. The van der Waals surface area contributed by atoms with Crippen molar-refractivity contribution >= 4 is 0 Å². The summed E-state index contributed by atoms with van der Waals surface area (Å²) in [5, 5.41) is 3.62. The van der Waals surface area contributed by atoms with Crippen molar-refractivity contribution in [3.63, 3.8) is 0 Å². The summed E-state index contributed by atoms with van der Waals surface area (Å²) in [4.78, 5) is 2.70. The van der Waals surface area contributed by atoms with E-state index in [1.54, 1.807) is 0 Å². The molecule has 90 valence electrons. The first-order chi connectivity index (χ1) is 7.01. The Hall–Kier alpha value is -0.0800. The van der Waals surface area contributed by atoms with Crippen molar-refractivity contribution in [3.05, 3.63) is 0 Å². The van der Waals surface area contributed by atoms with Crippen LogP contribution in [-0.2, 0) is 0 Å². The molecule has 1 fully saturated rings. The second-order valence-electron chi connectivity index (χ2n) is 5.58. The molecule has 15 heavy (non-hydrogen) atoms. The van der Waals surface area contributed by atoms with Crippen molar-refractivity contribution in [3.8, 4) is 0 Å². The smallest absolute Gasteiger partial charge is 0.0198 e. The third kappa shape index (κ3) is 3.18. The average molecular weight is 212 g/mol. The minimum absolute atomic E-state index is 0.365. The van der Waals surface area contributed by atoms with E-state index in [9.17, 15) is 0 Å². The third-order valence-electron chi connectivity index (χ3n) is 3.78.